The average molecular weight is 295 g/mol. The molecule has 0 aromatic rings. The Kier molecular flexibility index (Phi) is 4.23. The van der Waals surface area contributed by atoms with E-state index in [2.05, 4.69) is 5.92 Å². The highest BCUT2D eigenvalue weighted by molar-refractivity contribution is 5.69. The van der Waals surface area contributed by atoms with Crippen molar-refractivity contribution < 1.29 is 19.0 Å². The van der Waals surface area contributed by atoms with E-state index in [1.807, 2.05) is 20.8 Å². The molecule has 1 saturated carbocycles. The Morgan fingerprint density at radius 3 is 2.43 bits per heavy atom. The number of hydrogen-bond acceptors (Lipinski definition) is 4. The normalized spacial score (nSPS) is 30.9. The van der Waals surface area contributed by atoms with Gasteiger partial charge in [0, 0.05) is 39.0 Å². The van der Waals surface area contributed by atoms with E-state index in [9.17, 15) is 4.79 Å². The highest BCUT2D eigenvalue weighted by Gasteiger charge is 2.60. The molecule has 21 heavy (non-hydrogen) atoms. The van der Waals surface area contributed by atoms with Gasteiger partial charge < -0.3 is 14.2 Å². The first-order valence-electron chi connectivity index (χ1n) is 7.34. The van der Waals surface area contributed by atoms with E-state index in [1.54, 1.807) is 19.1 Å². The summed E-state index contributed by atoms with van der Waals surface area (Å²) in [5.74, 6) is 2.24. The number of hydrogen-bond donors (Lipinski definition) is 0. The Morgan fingerprint density at radius 1 is 1.33 bits per heavy atom. The maximum atomic E-state index is 12.5. The zero-order valence-corrected chi connectivity index (χ0v) is 13.5. The maximum absolute atomic E-state index is 12.5. The molecule has 0 spiro atoms. The van der Waals surface area contributed by atoms with E-state index in [1.165, 1.54) is 0 Å². The fourth-order valence-corrected chi connectivity index (χ4v) is 3.56. The molecule has 1 saturated heterocycles. The number of terminal acetylenes is 1. The highest BCUT2D eigenvalue weighted by atomic mass is 16.7. The maximum Gasteiger partial charge on any atom is 0.410 e. The number of carbonyl (C=O) groups excluding carboxylic acids is 1. The lowest BCUT2D eigenvalue weighted by atomic mass is 9.92. The third-order valence-electron chi connectivity index (χ3n) is 4.46. The van der Waals surface area contributed by atoms with Gasteiger partial charge in [-0.05, 0) is 27.2 Å². The second-order valence-electron chi connectivity index (χ2n) is 6.77. The van der Waals surface area contributed by atoms with Crippen LogP contribution in [0.1, 0.15) is 33.6 Å². The fraction of sp³-hybridized carbons (Fsp3) is 0.812. The van der Waals surface area contributed by atoms with Crippen LogP contribution in [0, 0.1) is 24.2 Å². The van der Waals surface area contributed by atoms with Crippen LogP contribution in [0.5, 0.6) is 0 Å². The van der Waals surface area contributed by atoms with Gasteiger partial charge in [0.05, 0.1) is 6.04 Å². The van der Waals surface area contributed by atoms with E-state index in [-0.39, 0.29) is 24.0 Å². The van der Waals surface area contributed by atoms with Crippen LogP contribution in [-0.4, -0.2) is 49.2 Å². The number of fused-ring (bicyclic) bond motifs is 1. The number of rotatable bonds is 2. The quantitative estimate of drug-likeness (QED) is 0.579. The zero-order chi connectivity index (χ0) is 15.8. The monoisotopic (exact) mass is 295 g/mol. The number of methoxy groups -OCH3 is 2. The molecule has 1 aliphatic carbocycles. The number of ether oxygens (including phenoxy) is 3. The molecule has 2 rings (SSSR count). The van der Waals surface area contributed by atoms with E-state index in [0.29, 0.717) is 6.54 Å². The minimum atomic E-state index is -0.785. The molecule has 0 bridgehead atoms. The van der Waals surface area contributed by atoms with Crippen molar-refractivity contribution in [2.45, 2.75) is 51.0 Å². The predicted octanol–water partition coefficient (Wildman–Crippen LogP) is 2.25. The third-order valence-corrected chi connectivity index (χ3v) is 4.46. The zero-order valence-electron chi connectivity index (χ0n) is 13.5. The molecule has 0 aromatic heterocycles. The van der Waals surface area contributed by atoms with Crippen LogP contribution in [0.15, 0.2) is 0 Å². The molecule has 2 aliphatic rings. The van der Waals surface area contributed by atoms with Gasteiger partial charge in [-0.25, -0.2) is 4.79 Å². The predicted molar refractivity (Wildman–Crippen MR) is 78.5 cm³/mol. The van der Waals surface area contributed by atoms with Crippen LogP contribution in [0.2, 0.25) is 0 Å². The van der Waals surface area contributed by atoms with Crippen molar-refractivity contribution in [3.8, 4) is 12.3 Å². The standard InChI is InChI=1S/C16H25NO4/c1-7-11-10-17(14(18)21-15(2,3)4)13-12(11)8-9-16(13,19-5)20-6/h1,11-13H,8-10H2,2-6H3/t11-,12-,13+/m1/s1. The molecule has 118 valence electrons. The Morgan fingerprint density at radius 2 is 1.95 bits per heavy atom. The number of carbonyl (C=O) groups is 1. The molecule has 5 nitrogen and oxygen atoms in total. The number of likely N-dealkylation sites (tertiary alicyclic amines) is 1. The van der Waals surface area contributed by atoms with Crippen molar-refractivity contribution in [2.24, 2.45) is 11.8 Å². The van der Waals surface area contributed by atoms with E-state index < -0.39 is 11.4 Å². The molecule has 0 radical (unpaired) electrons. The minimum absolute atomic E-state index is 0.0229. The third kappa shape index (κ3) is 2.75. The van der Waals surface area contributed by atoms with Gasteiger partial charge in [0.25, 0.3) is 0 Å². The summed E-state index contributed by atoms with van der Waals surface area (Å²) in [5, 5.41) is 0. The number of nitrogens with zero attached hydrogens (tertiary/aromatic N) is 1. The van der Waals surface area contributed by atoms with Gasteiger partial charge in [0.2, 0.25) is 0 Å². The lowest BCUT2D eigenvalue weighted by Gasteiger charge is -2.38. The lowest BCUT2D eigenvalue weighted by molar-refractivity contribution is -0.227. The molecule has 0 aromatic carbocycles. The summed E-state index contributed by atoms with van der Waals surface area (Å²) >= 11 is 0. The molecule has 3 atom stereocenters. The van der Waals surface area contributed by atoms with E-state index >= 15 is 0 Å². The van der Waals surface area contributed by atoms with Gasteiger partial charge in [0.1, 0.15) is 5.60 Å². The molecule has 0 unspecified atom stereocenters. The second kappa shape index (κ2) is 5.51. The summed E-state index contributed by atoms with van der Waals surface area (Å²) in [4.78, 5) is 14.2. The molecule has 0 N–H and O–H groups in total. The summed E-state index contributed by atoms with van der Waals surface area (Å²) in [6.07, 6.45) is 6.91. The molecule has 1 amide bonds. The first-order chi connectivity index (χ1) is 9.78. The first kappa shape index (κ1) is 16.1. The van der Waals surface area contributed by atoms with Crippen molar-refractivity contribution in [1.29, 1.82) is 0 Å². The second-order valence-corrected chi connectivity index (χ2v) is 6.77. The van der Waals surface area contributed by atoms with Crippen LogP contribution in [0.25, 0.3) is 0 Å². The summed E-state index contributed by atoms with van der Waals surface area (Å²) in [6, 6.07) is -0.191. The molecule has 5 heteroatoms. The SMILES string of the molecule is C#C[C@@H]1CN(C(=O)OC(C)(C)C)[C@H]2[C@@H]1CCC2(OC)OC. The van der Waals surface area contributed by atoms with Crippen molar-refractivity contribution >= 4 is 6.09 Å². The Labute approximate surface area is 126 Å². The van der Waals surface area contributed by atoms with Gasteiger partial charge in [0.15, 0.2) is 5.79 Å². The van der Waals surface area contributed by atoms with Gasteiger partial charge in [-0.15, -0.1) is 12.3 Å². The first-order valence-corrected chi connectivity index (χ1v) is 7.34. The molecule has 1 heterocycles. The van der Waals surface area contributed by atoms with Crippen LogP contribution in [-0.2, 0) is 14.2 Å². The van der Waals surface area contributed by atoms with Gasteiger partial charge in [-0.3, -0.25) is 4.90 Å². The molecular formula is C16H25NO4. The van der Waals surface area contributed by atoms with Crippen molar-refractivity contribution in [3.05, 3.63) is 0 Å². The van der Waals surface area contributed by atoms with E-state index in [4.69, 9.17) is 20.6 Å². The van der Waals surface area contributed by atoms with Crippen LogP contribution in [0.3, 0.4) is 0 Å². The Bertz CT molecular complexity index is 444. The van der Waals surface area contributed by atoms with Crippen LogP contribution in [0.4, 0.5) is 4.79 Å². The minimum Gasteiger partial charge on any atom is -0.444 e. The van der Waals surface area contributed by atoms with Crippen LogP contribution < -0.4 is 0 Å². The Balaban J connectivity index is 2.29. The average Bonchev–Trinajstić information content (AvgIpc) is 2.94. The topological polar surface area (TPSA) is 48.0 Å². The van der Waals surface area contributed by atoms with E-state index in [0.717, 1.165) is 12.8 Å². The summed E-state index contributed by atoms with van der Waals surface area (Å²) in [6.45, 7) is 6.05. The number of amides is 1. The van der Waals surface area contributed by atoms with Crippen LogP contribution >= 0.6 is 0 Å². The molecule has 2 fully saturated rings. The van der Waals surface area contributed by atoms with Gasteiger partial charge in [-0.1, -0.05) is 0 Å². The molecule has 1 aliphatic heterocycles. The van der Waals surface area contributed by atoms with Crippen molar-refractivity contribution in [2.75, 3.05) is 20.8 Å². The fourth-order valence-electron chi connectivity index (χ4n) is 3.56. The van der Waals surface area contributed by atoms with Gasteiger partial charge in [-0.2, -0.15) is 0 Å². The van der Waals surface area contributed by atoms with Crippen molar-refractivity contribution in [1.82, 2.24) is 4.90 Å². The summed E-state index contributed by atoms with van der Waals surface area (Å²) < 4.78 is 16.8. The smallest absolute Gasteiger partial charge is 0.410 e. The van der Waals surface area contributed by atoms with Gasteiger partial charge >= 0.3 is 6.09 Å². The summed E-state index contributed by atoms with van der Waals surface area (Å²) in [5.41, 5.74) is -0.539. The Hall–Kier alpha value is -1.25. The largest absolute Gasteiger partial charge is 0.444 e. The summed E-state index contributed by atoms with van der Waals surface area (Å²) in [7, 11) is 3.23. The van der Waals surface area contributed by atoms with Crippen molar-refractivity contribution in [3.63, 3.8) is 0 Å². The lowest BCUT2D eigenvalue weighted by Crippen LogP contribution is -2.53. The molecular weight excluding hydrogens is 270 g/mol. The highest BCUT2D eigenvalue weighted by Crippen LogP contribution is 2.49.